The average molecular weight is 386 g/mol. The van der Waals surface area contributed by atoms with Gasteiger partial charge in [0.2, 0.25) is 0 Å². The van der Waals surface area contributed by atoms with Crippen LogP contribution in [0.1, 0.15) is 27.8 Å². The second-order valence-electron chi connectivity index (χ2n) is 6.63. The molecule has 0 radical (unpaired) electrons. The third kappa shape index (κ3) is 3.98. The van der Waals surface area contributed by atoms with E-state index in [1.165, 1.54) is 18.2 Å². The molecule has 144 valence electrons. The number of H-pyrrole nitrogens is 1. The van der Waals surface area contributed by atoms with E-state index in [4.69, 9.17) is 0 Å². The van der Waals surface area contributed by atoms with Crippen LogP contribution in [-0.4, -0.2) is 20.8 Å². The highest BCUT2D eigenvalue weighted by molar-refractivity contribution is 5.98. The SMILES string of the molecule is O=C(NC(Cc1ccccc1)c1nc2ccccc2[nH]1)c1ccccc1[N+](=O)[O-]. The summed E-state index contributed by atoms with van der Waals surface area (Å²) < 4.78 is 0. The van der Waals surface area contributed by atoms with E-state index in [9.17, 15) is 14.9 Å². The highest BCUT2D eigenvalue weighted by atomic mass is 16.6. The Morgan fingerprint density at radius 3 is 2.45 bits per heavy atom. The van der Waals surface area contributed by atoms with Gasteiger partial charge in [0.25, 0.3) is 11.6 Å². The lowest BCUT2D eigenvalue weighted by atomic mass is 10.0. The Morgan fingerprint density at radius 2 is 1.69 bits per heavy atom. The molecule has 4 rings (SSSR count). The second-order valence-corrected chi connectivity index (χ2v) is 6.63. The Hall–Kier alpha value is -4.00. The van der Waals surface area contributed by atoms with Crippen LogP contribution in [0.4, 0.5) is 5.69 Å². The Bertz CT molecular complexity index is 1140. The second kappa shape index (κ2) is 7.93. The van der Waals surface area contributed by atoms with Crippen molar-refractivity contribution in [2.75, 3.05) is 0 Å². The molecule has 0 spiro atoms. The van der Waals surface area contributed by atoms with Crippen LogP contribution in [0.3, 0.4) is 0 Å². The quantitative estimate of drug-likeness (QED) is 0.383. The molecule has 2 N–H and O–H groups in total. The number of rotatable bonds is 6. The first-order valence-corrected chi connectivity index (χ1v) is 9.14. The lowest BCUT2D eigenvalue weighted by molar-refractivity contribution is -0.385. The van der Waals surface area contributed by atoms with Gasteiger partial charge in [-0.1, -0.05) is 54.6 Å². The number of carbonyl (C=O) groups is 1. The van der Waals surface area contributed by atoms with E-state index < -0.39 is 16.9 Å². The minimum Gasteiger partial charge on any atom is -0.342 e. The van der Waals surface area contributed by atoms with Crippen molar-refractivity contribution in [1.29, 1.82) is 0 Å². The number of nitro groups is 1. The predicted molar refractivity (Wildman–Crippen MR) is 110 cm³/mol. The van der Waals surface area contributed by atoms with Gasteiger partial charge in [-0.3, -0.25) is 14.9 Å². The minimum atomic E-state index is -0.553. The third-order valence-corrected chi connectivity index (χ3v) is 4.67. The maximum atomic E-state index is 12.9. The van der Waals surface area contributed by atoms with E-state index in [2.05, 4.69) is 15.3 Å². The van der Waals surface area contributed by atoms with Gasteiger partial charge in [-0.25, -0.2) is 4.98 Å². The maximum Gasteiger partial charge on any atom is 0.282 e. The van der Waals surface area contributed by atoms with Crippen molar-refractivity contribution < 1.29 is 9.72 Å². The number of nitro benzene ring substituents is 1. The molecule has 0 aliphatic carbocycles. The number of aromatic amines is 1. The van der Waals surface area contributed by atoms with E-state index in [0.717, 1.165) is 16.6 Å². The smallest absolute Gasteiger partial charge is 0.282 e. The zero-order chi connectivity index (χ0) is 20.2. The fraction of sp³-hybridized carbons (Fsp3) is 0.0909. The fourth-order valence-corrected chi connectivity index (χ4v) is 3.26. The Labute approximate surface area is 166 Å². The molecule has 1 unspecified atom stereocenters. The van der Waals surface area contributed by atoms with Crippen LogP contribution in [0.5, 0.6) is 0 Å². The minimum absolute atomic E-state index is 0.0201. The van der Waals surface area contributed by atoms with Gasteiger partial charge in [-0.15, -0.1) is 0 Å². The van der Waals surface area contributed by atoms with Gasteiger partial charge < -0.3 is 10.3 Å². The standard InChI is InChI=1S/C22H18N4O3/c27-22(16-10-4-7-13-20(16)26(28)29)25-19(14-15-8-2-1-3-9-15)21-23-17-11-5-6-12-18(17)24-21/h1-13,19H,14H2,(H,23,24)(H,25,27). The summed E-state index contributed by atoms with van der Waals surface area (Å²) in [5, 5.41) is 14.2. The molecule has 0 fully saturated rings. The first kappa shape index (κ1) is 18.4. The molecule has 0 saturated carbocycles. The van der Waals surface area contributed by atoms with Crippen molar-refractivity contribution in [2.24, 2.45) is 0 Å². The Balaban J connectivity index is 1.68. The number of nitrogens with one attached hydrogen (secondary N) is 2. The van der Waals surface area contributed by atoms with Crippen LogP contribution in [-0.2, 0) is 6.42 Å². The molecule has 29 heavy (non-hydrogen) atoms. The summed E-state index contributed by atoms with van der Waals surface area (Å²) in [6, 6.07) is 22.7. The Kier molecular flexibility index (Phi) is 5.03. The molecule has 4 aromatic rings. The van der Waals surface area contributed by atoms with Gasteiger partial charge in [0.1, 0.15) is 11.4 Å². The van der Waals surface area contributed by atoms with Crippen LogP contribution in [0.25, 0.3) is 11.0 Å². The molecule has 0 aliphatic heterocycles. The third-order valence-electron chi connectivity index (χ3n) is 4.67. The molecule has 1 amide bonds. The molecular weight excluding hydrogens is 368 g/mol. The van der Waals surface area contributed by atoms with Gasteiger partial charge in [0.05, 0.1) is 22.0 Å². The van der Waals surface area contributed by atoms with Gasteiger partial charge in [-0.2, -0.15) is 0 Å². The average Bonchev–Trinajstić information content (AvgIpc) is 3.18. The molecule has 1 aromatic heterocycles. The number of para-hydroxylation sites is 3. The molecule has 3 aromatic carbocycles. The number of benzene rings is 3. The van der Waals surface area contributed by atoms with Gasteiger partial charge in [0, 0.05) is 6.07 Å². The number of hydrogen-bond acceptors (Lipinski definition) is 4. The summed E-state index contributed by atoms with van der Waals surface area (Å²) in [5.74, 6) is 0.0840. The van der Waals surface area contributed by atoms with Crippen molar-refractivity contribution in [3.8, 4) is 0 Å². The largest absolute Gasteiger partial charge is 0.342 e. The molecule has 0 bridgehead atoms. The summed E-state index contributed by atoms with van der Waals surface area (Å²) in [6.45, 7) is 0. The summed E-state index contributed by atoms with van der Waals surface area (Å²) in [7, 11) is 0. The summed E-state index contributed by atoms with van der Waals surface area (Å²) in [4.78, 5) is 31.5. The molecule has 7 nitrogen and oxygen atoms in total. The number of aromatic nitrogens is 2. The maximum absolute atomic E-state index is 12.9. The molecule has 0 saturated heterocycles. The predicted octanol–water partition coefficient (Wildman–Crippen LogP) is 4.18. The van der Waals surface area contributed by atoms with Crippen LogP contribution >= 0.6 is 0 Å². The lowest BCUT2D eigenvalue weighted by Gasteiger charge is -2.17. The highest BCUT2D eigenvalue weighted by Gasteiger charge is 2.24. The Morgan fingerprint density at radius 1 is 1.00 bits per heavy atom. The highest BCUT2D eigenvalue weighted by Crippen LogP contribution is 2.23. The fourth-order valence-electron chi connectivity index (χ4n) is 3.26. The van der Waals surface area contributed by atoms with Crippen molar-refractivity contribution in [3.05, 3.63) is 106 Å². The van der Waals surface area contributed by atoms with Gasteiger partial charge in [-0.05, 0) is 30.2 Å². The van der Waals surface area contributed by atoms with Gasteiger partial charge in [0.15, 0.2) is 0 Å². The van der Waals surface area contributed by atoms with E-state index in [1.54, 1.807) is 6.07 Å². The zero-order valence-electron chi connectivity index (χ0n) is 15.4. The van der Waals surface area contributed by atoms with Crippen molar-refractivity contribution in [2.45, 2.75) is 12.5 Å². The molecule has 1 heterocycles. The molecule has 1 atom stereocenters. The topological polar surface area (TPSA) is 101 Å². The summed E-state index contributed by atoms with van der Waals surface area (Å²) in [5.41, 5.74) is 2.46. The number of fused-ring (bicyclic) bond motifs is 1. The molecule has 7 heteroatoms. The number of imidazole rings is 1. The van der Waals surface area contributed by atoms with E-state index in [0.29, 0.717) is 12.2 Å². The number of hydrogen-bond donors (Lipinski definition) is 2. The number of carbonyl (C=O) groups excluding carboxylic acids is 1. The first-order chi connectivity index (χ1) is 14.1. The number of nitrogens with zero attached hydrogens (tertiary/aromatic N) is 2. The zero-order valence-corrected chi connectivity index (χ0v) is 15.4. The van der Waals surface area contributed by atoms with Crippen LogP contribution < -0.4 is 5.32 Å². The lowest BCUT2D eigenvalue weighted by Crippen LogP contribution is -2.31. The summed E-state index contributed by atoms with van der Waals surface area (Å²) >= 11 is 0. The normalized spacial score (nSPS) is 11.9. The van der Waals surface area contributed by atoms with Crippen LogP contribution in [0.2, 0.25) is 0 Å². The van der Waals surface area contributed by atoms with Crippen LogP contribution in [0.15, 0.2) is 78.9 Å². The molecular formula is C22H18N4O3. The van der Waals surface area contributed by atoms with E-state index in [1.807, 2.05) is 54.6 Å². The monoisotopic (exact) mass is 386 g/mol. The molecule has 0 aliphatic rings. The summed E-state index contributed by atoms with van der Waals surface area (Å²) in [6.07, 6.45) is 0.493. The van der Waals surface area contributed by atoms with Crippen molar-refractivity contribution >= 4 is 22.6 Å². The van der Waals surface area contributed by atoms with Crippen molar-refractivity contribution in [3.63, 3.8) is 0 Å². The van der Waals surface area contributed by atoms with E-state index >= 15 is 0 Å². The van der Waals surface area contributed by atoms with Crippen molar-refractivity contribution in [1.82, 2.24) is 15.3 Å². The van der Waals surface area contributed by atoms with Crippen LogP contribution in [0, 0.1) is 10.1 Å². The van der Waals surface area contributed by atoms with E-state index in [-0.39, 0.29) is 11.3 Å². The van der Waals surface area contributed by atoms with Gasteiger partial charge >= 0.3 is 0 Å². The number of amides is 1. The first-order valence-electron chi connectivity index (χ1n) is 9.14.